The summed E-state index contributed by atoms with van der Waals surface area (Å²) in [7, 11) is 1.50. The van der Waals surface area contributed by atoms with Gasteiger partial charge in [-0.1, -0.05) is 28.6 Å². The molecule has 0 aliphatic carbocycles. The van der Waals surface area contributed by atoms with Crippen LogP contribution >= 0.6 is 34.7 Å². The molecule has 0 bridgehead atoms. The fourth-order valence-corrected chi connectivity index (χ4v) is 5.36. The molecule has 3 unspecified atom stereocenters. The number of aliphatic hydroxyl groups excluding tert-OH is 2. The average molecular weight is 481 g/mol. The summed E-state index contributed by atoms with van der Waals surface area (Å²) in [5.41, 5.74) is 0.294. The van der Waals surface area contributed by atoms with Crippen molar-refractivity contribution in [2.24, 2.45) is 0 Å². The van der Waals surface area contributed by atoms with E-state index in [1.54, 1.807) is 23.8 Å². The van der Waals surface area contributed by atoms with Crippen molar-refractivity contribution in [3.63, 3.8) is 0 Å². The predicted molar refractivity (Wildman–Crippen MR) is 113 cm³/mol. The van der Waals surface area contributed by atoms with Gasteiger partial charge in [0.1, 0.15) is 51.7 Å². The number of aromatic nitrogens is 5. The van der Waals surface area contributed by atoms with E-state index in [0.29, 0.717) is 26.3 Å². The molecule has 162 valence electrons. The predicted octanol–water partition coefficient (Wildman–Crippen LogP) is 1.75. The Balaban J connectivity index is 1.65. The van der Waals surface area contributed by atoms with Gasteiger partial charge in [-0.2, -0.15) is 5.26 Å². The summed E-state index contributed by atoms with van der Waals surface area (Å²) in [6, 6.07) is 3.03. The topological polar surface area (TPSA) is 139 Å². The van der Waals surface area contributed by atoms with Crippen LogP contribution < -0.4 is 0 Å². The summed E-state index contributed by atoms with van der Waals surface area (Å²) in [4.78, 5) is 8.94. The molecular formula is C18H17ClN6O4S2. The summed E-state index contributed by atoms with van der Waals surface area (Å²) in [5.74, 6) is 0. The number of aliphatic hydroxyl groups is 2. The van der Waals surface area contributed by atoms with E-state index in [9.17, 15) is 10.2 Å². The largest absolute Gasteiger partial charge is 0.394 e. The molecule has 1 fully saturated rings. The molecule has 4 heterocycles. The lowest BCUT2D eigenvalue weighted by Crippen LogP contribution is -2.55. The van der Waals surface area contributed by atoms with E-state index in [1.165, 1.54) is 41.1 Å². The number of hydrogen-bond acceptors (Lipinski definition) is 11. The van der Waals surface area contributed by atoms with Crippen molar-refractivity contribution in [3.8, 4) is 16.8 Å². The van der Waals surface area contributed by atoms with Gasteiger partial charge >= 0.3 is 0 Å². The van der Waals surface area contributed by atoms with Gasteiger partial charge in [0, 0.05) is 29.8 Å². The fraction of sp³-hybridized carbons (Fsp3) is 0.389. The van der Waals surface area contributed by atoms with Gasteiger partial charge in [0.2, 0.25) is 0 Å². The van der Waals surface area contributed by atoms with E-state index in [2.05, 4.69) is 20.3 Å². The van der Waals surface area contributed by atoms with Crippen LogP contribution in [0.15, 0.2) is 34.9 Å². The Morgan fingerprint density at radius 2 is 2.29 bits per heavy atom. The van der Waals surface area contributed by atoms with Crippen LogP contribution in [-0.2, 0) is 9.47 Å². The molecule has 2 N–H and O–H groups in total. The second-order valence-corrected chi connectivity index (χ2v) is 9.02. The summed E-state index contributed by atoms with van der Waals surface area (Å²) in [5, 5.41) is 40.7. The molecular weight excluding hydrogens is 464 g/mol. The highest BCUT2D eigenvalue weighted by atomic mass is 35.5. The molecule has 3 aromatic rings. The second-order valence-electron chi connectivity index (χ2n) is 6.61. The van der Waals surface area contributed by atoms with Gasteiger partial charge in [0.05, 0.1) is 18.4 Å². The standard InChI is InChI=1S/C18H17ClN6O4S2/c1-28-16-14(25-6-11(23-24-25)17-22-13(19)8-30-17)15(27)12(7-26)29-18(16)31-10-2-9(3-20)4-21-5-10/h2,4-6,8,12,14-16,18,26-27H,7H2,1H3/t12?,14?,15-,16?,18+/m0/s1. The number of halogens is 1. The lowest BCUT2D eigenvalue weighted by Gasteiger charge is -2.43. The van der Waals surface area contributed by atoms with Crippen LogP contribution in [0.5, 0.6) is 0 Å². The summed E-state index contributed by atoms with van der Waals surface area (Å²) in [6.07, 6.45) is 2.09. The molecule has 1 aliphatic heterocycles. The number of nitriles is 1. The summed E-state index contributed by atoms with van der Waals surface area (Å²) >= 11 is 8.51. The van der Waals surface area contributed by atoms with Gasteiger partial charge in [0.25, 0.3) is 0 Å². The van der Waals surface area contributed by atoms with Crippen molar-refractivity contribution in [1.82, 2.24) is 25.0 Å². The molecule has 0 aromatic carbocycles. The molecule has 0 radical (unpaired) electrons. The van der Waals surface area contributed by atoms with E-state index in [1.807, 2.05) is 6.07 Å². The van der Waals surface area contributed by atoms with Gasteiger partial charge in [-0.3, -0.25) is 4.98 Å². The maximum Gasteiger partial charge on any atom is 0.147 e. The second kappa shape index (κ2) is 9.58. The number of rotatable bonds is 6. The molecule has 0 saturated carbocycles. The minimum Gasteiger partial charge on any atom is -0.394 e. The molecule has 1 aliphatic rings. The van der Waals surface area contributed by atoms with Gasteiger partial charge in [-0.15, -0.1) is 16.4 Å². The normalized spacial score (nSPS) is 26.0. The maximum atomic E-state index is 10.9. The Morgan fingerprint density at radius 3 is 2.97 bits per heavy atom. The van der Waals surface area contributed by atoms with Crippen molar-refractivity contribution in [2.75, 3.05) is 13.7 Å². The lowest BCUT2D eigenvalue weighted by atomic mass is 9.97. The number of pyridine rings is 1. The van der Waals surface area contributed by atoms with Crippen molar-refractivity contribution in [1.29, 1.82) is 5.26 Å². The summed E-state index contributed by atoms with van der Waals surface area (Å²) < 4.78 is 13.1. The highest BCUT2D eigenvalue weighted by Gasteiger charge is 2.47. The minimum atomic E-state index is -1.11. The number of thioether (sulfide) groups is 1. The number of methoxy groups -OCH3 is 1. The lowest BCUT2D eigenvalue weighted by molar-refractivity contribution is -0.186. The SMILES string of the molecule is COC1C(n2cc(-c3nc(Cl)cs3)nn2)[C@@H](O)C(CO)O[C@@H]1Sc1cncc(C#N)c1. The third-order valence-corrected chi connectivity index (χ3v) is 7.00. The quantitative estimate of drug-likeness (QED) is 0.536. The maximum absolute atomic E-state index is 10.9. The zero-order valence-electron chi connectivity index (χ0n) is 16.1. The Kier molecular flexibility index (Phi) is 6.83. The molecule has 31 heavy (non-hydrogen) atoms. The smallest absolute Gasteiger partial charge is 0.147 e. The van der Waals surface area contributed by atoms with Crippen molar-refractivity contribution in [3.05, 3.63) is 40.8 Å². The van der Waals surface area contributed by atoms with Gasteiger partial charge in [0.15, 0.2) is 0 Å². The third kappa shape index (κ3) is 4.58. The highest BCUT2D eigenvalue weighted by molar-refractivity contribution is 7.99. The van der Waals surface area contributed by atoms with Gasteiger partial charge in [-0.05, 0) is 6.07 Å². The molecule has 5 atom stereocenters. The molecule has 0 spiro atoms. The number of thiazole rings is 1. The number of ether oxygens (including phenoxy) is 2. The Morgan fingerprint density at radius 1 is 1.45 bits per heavy atom. The molecule has 0 amide bonds. The summed E-state index contributed by atoms with van der Waals surface area (Å²) in [6.45, 7) is -0.398. The zero-order valence-corrected chi connectivity index (χ0v) is 18.5. The Hall–Kier alpha value is -2.11. The zero-order chi connectivity index (χ0) is 22.0. The van der Waals surface area contributed by atoms with Crippen LogP contribution in [0.3, 0.4) is 0 Å². The molecule has 13 heteroatoms. The minimum absolute atomic E-state index is 0.362. The Labute approximate surface area is 190 Å². The van der Waals surface area contributed by atoms with Crippen LogP contribution in [0.25, 0.3) is 10.7 Å². The first-order valence-electron chi connectivity index (χ1n) is 9.06. The molecule has 1 saturated heterocycles. The fourth-order valence-electron chi connectivity index (χ4n) is 3.28. The van der Waals surface area contributed by atoms with Gasteiger partial charge in [-0.25, -0.2) is 9.67 Å². The average Bonchev–Trinajstić information content (AvgIpc) is 3.43. The van der Waals surface area contributed by atoms with Crippen molar-refractivity contribution >= 4 is 34.7 Å². The first kappa shape index (κ1) is 22.1. The highest BCUT2D eigenvalue weighted by Crippen LogP contribution is 2.39. The Bertz CT molecular complexity index is 1090. The van der Waals surface area contributed by atoms with Crippen LogP contribution in [-0.4, -0.2) is 72.6 Å². The first-order chi connectivity index (χ1) is 15.0. The van der Waals surface area contributed by atoms with Gasteiger partial charge < -0.3 is 19.7 Å². The number of hydrogen-bond donors (Lipinski definition) is 2. The number of nitrogens with zero attached hydrogens (tertiary/aromatic N) is 6. The molecule has 10 nitrogen and oxygen atoms in total. The van der Waals surface area contributed by atoms with E-state index in [-0.39, 0.29) is 0 Å². The third-order valence-electron chi connectivity index (χ3n) is 4.70. The van der Waals surface area contributed by atoms with Crippen LogP contribution in [0.1, 0.15) is 11.6 Å². The van der Waals surface area contributed by atoms with Crippen molar-refractivity contribution < 1.29 is 19.7 Å². The monoisotopic (exact) mass is 480 g/mol. The molecule has 4 rings (SSSR count). The van der Waals surface area contributed by atoms with E-state index >= 15 is 0 Å². The van der Waals surface area contributed by atoms with Crippen LogP contribution in [0, 0.1) is 11.3 Å². The van der Waals surface area contributed by atoms with Crippen LogP contribution in [0.4, 0.5) is 0 Å². The van der Waals surface area contributed by atoms with Crippen molar-refractivity contribution in [2.45, 2.75) is 34.7 Å². The van der Waals surface area contributed by atoms with Crippen LogP contribution in [0.2, 0.25) is 5.15 Å². The molecule has 3 aromatic heterocycles. The first-order valence-corrected chi connectivity index (χ1v) is 11.2. The van der Waals surface area contributed by atoms with E-state index < -0.39 is 36.4 Å². The van der Waals surface area contributed by atoms with E-state index in [4.69, 9.17) is 26.3 Å². The van der Waals surface area contributed by atoms with E-state index in [0.717, 1.165) is 0 Å².